The summed E-state index contributed by atoms with van der Waals surface area (Å²) in [4.78, 5) is 10.2. The topological polar surface area (TPSA) is 55.2 Å². The van der Waals surface area contributed by atoms with Crippen LogP contribution in [0.5, 0.6) is 0 Å². The predicted octanol–water partition coefficient (Wildman–Crippen LogP) is 4.19. The molecule has 0 aliphatic carbocycles. The normalized spacial score (nSPS) is 12.0. The molecule has 2 aromatic rings. The summed E-state index contributed by atoms with van der Waals surface area (Å²) < 4.78 is 39.5. The Bertz CT molecular complexity index is 672. The van der Waals surface area contributed by atoms with Crippen LogP contribution >= 0.6 is 0 Å². The summed E-state index contributed by atoms with van der Waals surface area (Å²) in [6.07, 6.45) is 0. The molecule has 2 rings (SSSR count). The van der Waals surface area contributed by atoms with Crippen molar-refractivity contribution >= 4 is 11.4 Å². The standard InChI is InChI=1S/C14H11F3N2O2/c1-8(9-4-11(16)6-12(17)5-9)18-13-7-10(15)2-3-14(13)19(20)21/h2-8,18H,1H3. The lowest BCUT2D eigenvalue weighted by Crippen LogP contribution is -2.09. The van der Waals surface area contributed by atoms with Crippen molar-refractivity contribution in [3.05, 3.63) is 69.5 Å². The molecule has 0 bridgehead atoms. The summed E-state index contributed by atoms with van der Waals surface area (Å²) in [5.74, 6) is -2.17. The van der Waals surface area contributed by atoms with Crippen LogP contribution in [0.25, 0.3) is 0 Å². The molecule has 110 valence electrons. The Morgan fingerprint density at radius 3 is 2.24 bits per heavy atom. The number of anilines is 1. The lowest BCUT2D eigenvalue weighted by molar-refractivity contribution is -0.384. The van der Waals surface area contributed by atoms with Gasteiger partial charge < -0.3 is 5.32 Å². The summed E-state index contributed by atoms with van der Waals surface area (Å²) >= 11 is 0. The highest BCUT2D eigenvalue weighted by atomic mass is 19.1. The minimum atomic E-state index is -0.757. The van der Waals surface area contributed by atoms with Crippen LogP contribution in [0.3, 0.4) is 0 Å². The second-order valence-electron chi connectivity index (χ2n) is 4.49. The van der Waals surface area contributed by atoms with Gasteiger partial charge in [-0.25, -0.2) is 13.2 Å². The first-order chi connectivity index (χ1) is 9.86. The second-order valence-corrected chi connectivity index (χ2v) is 4.49. The van der Waals surface area contributed by atoms with Gasteiger partial charge in [0.2, 0.25) is 0 Å². The minimum Gasteiger partial charge on any atom is -0.373 e. The average molecular weight is 296 g/mol. The fraction of sp³-hybridized carbons (Fsp3) is 0.143. The number of rotatable bonds is 4. The van der Waals surface area contributed by atoms with Gasteiger partial charge in [0.1, 0.15) is 23.1 Å². The Hall–Kier alpha value is -2.57. The molecule has 0 amide bonds. The molecule has 1 N–H and O–H groups in total. The average Bonchev–Trinajstić information content (AvgIpc) is 2.37. The van der Waals surface area contributed by atoms with E-state index in [0.29, 0.717) is 0 Å². The van der Waals surface area contributed by atoms with Gasteiger partial charge in [0.05, 0.1) is 4.92 Å². The molecule has 0 spiro atoms. The summed E-state index contributed by atoms with van der Waals surface area (Å²) in [7, 11) is 0. The molecular formula is C14H11F3N2O2. The van der Waals surface area contributed by atoms with E-state index in [1.54, 1.807) is 6.92 Å². The van der Waals surface area contributed by atoms with E-state index in [1.165, 1.54) is 0 Å². The third-order valence-electron chi connectivity index (χ3n) is 2.91. The summed E-state index contributed by atoms with van der Waals surface area (Å²) in [6, 6.07) is 5.24. The molecule has 0 aromatic heterocycles. The minimum absolute atomic E-state index is 0.0582. The maximum Gasteiger partial charge on any atom is 0.292 e. The maximum atomic E-state index is 13.2. The van der Waals surface area contributed by atoms with Crippen LogP contribution in [0.4, 0.5) is 24.5 Å². The van der Waals surface area contributed by atoms with E-state index in [0.717, 1.165) is 36.4 Å². The van der Waals surface area contributed by atoms with Crippen molar-refractivity contribution in [2.45, 2.75) is 13.0 Å². The van der Waals surface area contributed by atoms with E-state index < -0.39 is 28.4 Å². The van der Waals surface area contributed by atoms with Gasteiger partial charge >= 0.3 is 0 Å². The summed E-state index contributed by atoms with van der Waals surface area (Å²) in [5.41, 5.74) is -0.122. The first-order valence-corrected chi connectivity index (χ1v) is 6.03. The fourth-order valence-electron chi connectivity index (χ4n) is 1.92. The van der Waals surface area contributed by atoms with Crippen LogP contribution in [0.2, 0.25) is 0 Å². The molecule has 4 nitrogen and oxygen atoms in total. The zero-order valence-corrected chi connectivity index (χ0v) is 10.9. The monoisotopic (exact) mass is 296 g/mol. The summed E-state index contributed by atoms with van der Waals surface area (Å²) in [5, 5.41) is 13.6. The van der Waals surface area contributed by atoms with Gasteiger partial charge in [0.25, 0.3) is 5.69 Å². The Labute approximate surface area is 118 Å². The third kappa shape index (κ3) is 3.50. The second kappa shape index (κ2) is 5.82. The molecule has 0 radical (unpaired) electrons. The van der Waals surface area contributed by atoms with Crippen LogP contribution in [0.1, 0.15) is 18.5 Å². The van der Waals surface area contributed by atoms with Crippen LogP contribution in [-0.4, -0.2) is 4.92 Å². The molecule has 2 aromatic carbocycles. The SMILES string of the molecule is CC(Nc1cc(F)ccc1[N+](=O)[O-])c1cc(F)cc(F)c1. The molecule has 7 heteroatoms. The highest BCUT2D eigenvalue weighted by molar-refractivity contribution is 5.62. The maximum absolute atomic E-state index is 13.2. The highest BCUT2D eigenvalue weighted by Gasteiger charge is 2.17. The summed E-state index contributed by atoms with van der Waals surface area (Å²) in [6.45, 7) is 1.56. The van der Waals surface area contributed by atoms with Crippen molar-refractivity contribution in [1.82, 2.24) is 0 Å². The molecule has 0 saturated heterocycles. The largest absolute Gasteiger partial charge is 0.373 e. The van der Waals surface area contributed by atoms with E-state index in [2.05, 4.69) is 5.32 Å². The van der Waals surface area contributed by atoms with Crippen molar-refractivity contribution in [2.24, 2.45) is 0 Å². The molecule has 1 unspecified atom stereocenters. The van der Waals surface area contributed by atoms with E-state index in [-0.39, 0.29) is 16.9 Å². The number of nitrogens with zero attached hydrogens (tertiary/aromatic N) is 1. The first kappa shape index (κ1) is 14.8. The quantitative estimate of drug-likeness (QED) is 0.680. The van der Waals surface area contributed by atoms with Crippen molar-refractivity contribution in [3.8, 4) is 0 Å². The number of hydrogen-bond acceptors (Lipinski definition) is 3. The van der Waals surface area contributed by atoms with E-state index in [4.69, 9.17) is 0 Å². The lowest BCUT2D eigenvalue weighted by atomic mass is 10.1. The van der Waals surface area contributed by atoms with Gasteiger partial charge in [-0.15, -0.1) is 0 Å². The van der Waals surface area contributed by atoms with E-state index in [1.807, 2.05) is 0 Å². The van der Waals surface area contributed by atoms with Crippen LogP contribution in [0, 0.1) is 27.6 Å². The Morgan fingerprint density at radius 2 is 1.67 bits per heavy atom. The first-order valence-electron chi connectivity index (χ1n) is 6.03. The highest BCUT2D eigenvalue weighted by Crippen LogP contribution is 2.29. The molecule has 0 saturated carbocycles. The third-order valence-corrected chi connectivity index (χ3v) is 2.91. The van der Waals surface area contributed by atoms with Gasteiger partial charge in [0.15, 0.2) is 0 Å². The smallest absolute Gasteiger partial charge is 0.292 e. The number of nitrogens with one attached hydrogen (secondary N) is 1. The van der Waals surface area contributed by atoms with Crippen molar-refractivity contribution in [3.63, 3.8) is 0 Å². The fourth-order valence-corrected chi connectivity index (χ4v) is 1.92. The van der Waals surface area contributed by atoms with Crippen LogP contribution in [0.15, 0.2) is 36.4 Å². The number of nitro groups is 1. The van der Waals surface area contributed by atoms with Gasteiger partial charge in [0, 0.05) is 24.2 Å². The molecule has 0 fully saturated rings. The zero-order chi connectivity index (χ0) is 15.6. The van der Waals surface area contributed by atoms with Crippen LogP contribution < -0.4 is 5.32 Å². The molecule has 1 atom stereocenters. The zero-order valence-electron chi connectivity index (χ0n) is 10.9. The predicted molar refractivity (Wildman–Crippen MR) is 71.5 cm³/mol. The molecule has 0 aliphatic heterocycles. The molecule has 21 heavy (non-hydrogen) atoms. The molecule has 0 aliphatic rings. The Kier molecular flexibility index (Phi) is 4.11. The van der Waals surface area contributed by atoms with Crippen molar-refractivity contribution in [1.29, 1.82) is 0 Å². The van der Waals surface area contributed by atoms with Crippen molar-refractivity contribution in [2.75, 3.05) is 5.32 Å². The van der Waals surface area contributed by atoms with Gasteiger partial charge in [-0.1, -0.05) is 0 Å². The number of halogens is 3. The van der Waals surface area contributed by atoms with Gasteiger partial charge in [-0.2, -0.15) is 0 Å². The van der Waals surface area contributed by atoms with E-state index in [9.17, 15) is 23.3 Å². The Balaban J connectivity index is 2.32. The van der Waals surface area contributed by atoms with Crippen LogP contribution in [-0.2, 0) is 0 Å². The molecule has 0 heterocycles. The molecular weight excluding hydrogens is 285 g/mol. The Morgan fingerprint density at radius 1 is 1.05 bits per heavy atom. The number of benzene rings is 2. The van der Waals surface area contributed by atoms with E-state index >= 15 is 0 Å². The van der Waals surface area contributed by atoms with Crippen molar-refractivity contribution < 1.29 is 18.1 Å². The lowest BCUT2D eigenvalue weighted by Gasteiger charge is -2.16. The van der Waals surface area contributed by atoms with Gasteiger partial charge in [-0.05, 0) is 30.7 Å². The number of nitro benzene ring substituents is 1. The van der Waals surface area contributed by atoms with Gasteiger partial charge in [-0.3, -0.25) is 10.1 Å². The number of hydrogen-bond donors (Lipinski definition) is 1.